The molecule has 0 radical (unpaired) electrons. The zero-order valence-electron chi connectivity index (χ0n) is 11.1. The van der Waals surface area contributed by atoms with Crippen molar-refractivity contribution in [2.45, 2.75) is 25.2 Å². The van der Waals surface area contributed by atoms with Crippen LogP contribution in [-0.4, -0.2) is 15.9 Å². The van der Waals surface area contributed by atoms with Gasteiger partial charge in [0.1, 0.15) is 11.6 Å². The lowest BCUT2D eigenvalue weighted by Gasteiger charge is -2.16. The predicted molar refractivity (Wildman–Crippen MR) is 76.0 cm³/mol. The molecular formula is C15H12BrFN2O2. The number of carbonyl (C=O) groups is 1. The SMILES string of the molecule is O=C1C[C@@H]2CC(c3nc(-c4cc(F)cc(Br)c4)no3)[C@H]1C2. The van der Waals surface area contributed by atoms with Gasteiger partial charge in [0.25, 0.3) is 0 Å². The smallest absolute Gasteiger partial charge is 0.230 e. The molecule has 6 heteroatoms. The third-order valence-corrected chi connectivity index (χ3v) is 4.90. The molecule has 0 amide bonds. The Morgan fingerprint density at radius 1 is 1.24 bits per heavy atom. The molecule has 2 aliphatic rings. The van der Waals surface area contributed by atoms with E-state index in [4.69, 9.17) is 4.52 Å². The minimum Gasteiger partial charge on any atom is -0.339 e. The highest BCUT2D eigenvalue weighted by molar-refractivity contribution is 9.10. The summed E-state index contributed by atoms with van der Waals surface area (Å²) in [5, 5.41) is 3.94. The van der Waals surface area contributed by atoms with Gasteiger partial charge in [-0.25, -0.2) is 4.39 Å². The maximum Gasteiger partial charge on any atom is 0.230 e. The first-order chi connectivity index (χ1) is 10.1. The lowest BCUT2D eigenvalue weighted by molar-refractivity contribution is -0.122. The van der Waals surface area contributed by atoms with E-state index in [1.54, 1.807) is 6.07 Å². The van der Waals surface area contributed by atoms with Crippen LogP contribution in [0.1, 0.15) is 31.1 Å². The molecule has 108 valence electrons. The van der Waals surface area contributed by atoms with Crippen LogP contribution in [0.4, 0.5) is 4.39 Å². The highest BCUT2D eigenvalue weighted by Gasteiger charge is 2.48. The number of halogens is 2. The first kappa shape index (κ1) is 13.1. The van der Waals surface area contributed by atoms with Gasteiger partial charge in [-0.3, -0.25) is 4.79 Å². The summed E-state index contributed by atoms with van der Waals surface area (Å²) in [6, 6.07) is 4.48. The van der Waals surface area contributed by atoms with E-state index < -0.39 is 0 Å². The molecule has 2 aromatic rings. The monoisotopic (exact) mass is 350 g/mol. The summed E-state index contributed by atoms with van der Waals surface area (Å²) in [4.78, 5) is 16.2. The number of ketones is 1. The molecule has 2 aliphatic carbocycles. The molecule has 0 aliphatic heterocycles. The van der Waals surface area contributed by atoms with Crippen LogP contribution in [0.5, 0.6) is 0 Å². The number of benzene rings is 1. The van der Waals surface area contributed by atoms with Gasteiger partial charge in [-0.15, -0.1) is 0 Å². The van der Waals surface area contributed by atoms with E-state index in [1.807, 2.05) is 0 Å². The van der Waals surface area contributed by atoms with Crippen molar-refractivity contribution in [3.63, 3.8) is 0 Å². The van der Waals surface area contributed by atoms with Gasteiger partial charge in [-0.2, -0.15) is 4.98 Å². The van der Waals surface area contributed by atoms with Crippen LogP contribution < -0.4 is 0 Å². The van der Waals surface area contributed by atoms with Crippen molar-refractivity contribution >= 4 is 21.7 Å². The zero-order chi connectivity index (χ0) is 14.6. The molecule has 2 saturated carbocycles. The van der Waals surface area contributed by atoms with Crippen molar-refractivity contribution in [3.8, 4) is 11.4 Å². The molecule has 0 saturated heterocycles. The summed E-state index contributed by atoms with van der Waals surface area (Å²) in [5.41, 5.74) is 0.561. The molecule has 0 spiro atoms. The zero-order valence-corrected chi connectivity index (χ0v) is 12.6. The van der Waals surface area contributed by atoms with Gasteiger partial charge < -0.3 is 4.52 Å². The summed E-state index contributed by atoms with van der Waals surface area (Å²) in [6.45, 7) is 0. The minimum absolute atomic E-state index is 0.0301. The molecule has 1 aromatic heterocycles. The van der Waals surface area contributed by atoms with E-state index in [0.717, 1.165) is 12.8 Å². The summed E-state index contributed by atoms with van der Waals surface area (Å²) in [5.74, 6) is 1.35. The Morgan fingerprint density at radius 2 is 2.05 bits per heavy atom. The number of hydrogen-bond acceptors (Lipinski definition) is 4. The van der Waals surface area contributed by atoms with Gasteiger partial charge >= 0.3 is 0 Å². The summed E-state index contributed by atoms with van der Waals surface area (Å²) >= 11 is 3.25. The quantitative estimate of drug-likeness (QED) is 0.828. The molecule has 21 heavy (non-hydrogen) atoms. The number of fused-ring (bicyclic) bond motifs is 2. The second-order valence-corrected chi connectivity index (χ2v) is 6.75. The van der Waals surface area contributed by atoms with Crippen LogP contribution in [0, 0.1) is 17.7 Å². The molecule has 1 aromatic carbocycles. The number of nitrogens with zero attached hydrogens (tertiary/aromatic N) is 2. The van der Waals surface area contributed by atoms with Crippen molar-refractivity contribution in [2.24, 2.45) is 11.8 Å². The number of rotatable bonds is 2. The molecule has 0 N–H and O–H groups in total. The van der Waals surface area contributed by atoms with Crippen molar-refractivity contribution < 1.29 is 13.7 Å². The molecule has 2 bridgehead atoms. The van der Waals surface area contributed by atoms with Crippen LogP contribution in [-0.2, 0) is 4.79 Å². The van der Waals surface area contributed by atoms with Crippen molar-refractivity contribution in [2.75, 3.05) is 0 Å². The van der Waals surface area contributed by atoms with Crippen LogP contribution in [0.2, 0.25) is 0 Å². The average Bonchev–Trinajstić information content (AvgIpc) is 3.11. The van der Waals surface area contributed by atoms with Crippen molar-refractivity contribution in [1.82, 2.24) is 10.1 Å². The van der Waals surface area contributed by atoms with Gasteiger partial charge in [0.2, 0.25) is 11.7 Å². The van der Waals surface area contributed by atoms with E-state index in [1.165, 1.54) is 12.1 Å². The minimum atomic E-state index is -0.360. The Labute approximate surface area is 128 Å². The van der Waals surface area contributed by atoms with Crippen molar-refractivity contribution in [3.05, 3.63) is 34.4 Å². The van der Waals surface area contributed by atoms with E-state index in [-0.39, 0.29) is 17.7 Å². The normalized spacial score (nSPS) is 27.5. The van der Waals surface area contributed by atoms with Gasteiger partial charge in [0, 0.05) is 28.3 Å². The van der Waals surface area contributed by atoms with Gasteiger partial charge in [0.05, 0.1) is 0 Å². The van der Waals surface area contributed by atoms with Crippen LogP contribution in [0.25, 0.3) is 11.4 Å². The Bertz CT molecular complexity index is 710. The fraction of sp³-hybridized carbons (Fsp3) is 0.400. The van der Waals surface area contributed by atoms with Gasteiger partial charge in [-0.05, 0) is 37.0 Å². The summed E-state index contributed by atoms with van der Waals surface area (Å²) in [7, 11) is 0. The van der Waals surface area contributed by atoms with Gasteiger partial charge in [0.15, 0.2) is 0 Å². The molecule has 4 rings (SSSR count). The second-order valence-electron chi connectivity index (χ2n) is 5.84. The predicted octanol–water partition coefficient (Wildman–Crippen LogP) is 3.72. The highest BCUT2D eigenvalue weighted by atomic mass is 79.9. The van der Waals surface area contributed by atoms with E-state index in [2.05, 4.69) is 26.1 Å². The third kappa shape index (κ3) is 2.21. The Morgan fingerprint density at radius 3 is 2.76 bits per heavy atom. The first-order valence-corrected chi connectivity index (χ1v) is 7.72. The van der Waals surface area contributed by atoms with E-state index in [0.29, 0.717) is 39.9 Å². The summed E-state index contributed by atoms with van der Waals surface area (Å²) in [6.07, 6.45) is 2.57. The number of hydrogen-bond donors (Lipinski definition) is 0. The van der Waals surface area contributed by atoms with Crippen LogP contribution in [0.15, 0.2) is 27.2 Å². The Balaban J connectivity index is 1.66. The van der Waals surface area contributed by atoms with Crippen LogP contribution >= 0.6 is 15.9 Å². The first-order valence-electron chi connectivity index (χ1n) is 6.93. The van der Waals surface area contributed by atoms with Crippen LogP contribution in [0.3, 0.4) is 0 Å². The third-order valence-electron chi connectivity index (χ3n) is 4.44. The van der Waals surface area contributed by atoms with Gasteiger partial charge in [-0.1, -0.05) is 21.1 Å². The maximum absolute atomic E-state index is 13.4. The largest absolute Gasteiger partial charge is 0.339 e. The topological polar surface area (TPSA) is 56.0 Å². The Hall–Kier alpha value is -1.56. The number of carbonyl (C=O) groups excluding carboxylic acids is 1. The fourth-order valence-corrected chi connectivity index (χ4v) is 4.03. The standard InChI is InChI=1S/C15H12BrFN2O2/c16-9-4-8(5-10(17)6-9)14-18-15(21-19-14)12-2-7-1-11(12)13(20)3-7/h4-7,11-12H,1-3H2/t7-,11+,12?/m0/s1. The summed E-state index contributed by atoms with van der Waals surface area (Å²) < 4.78 is 19.4. The Kier molecular flexibility index (Phi) is 2.96. The maximum atomic E-state index is 13.4. The molecule has 2 fully saturated rings. The lowest BCUT2D eigenvalue weighted by atomic mass is 9.88. The molecule has 1 unspecified atom stereocenters. The molecule has 3 atom stereocenters. The second kappa shape index (κ2) is 4.73. The van der Waals surface area contributed by atoms with Crippen molar-refractivity contribution in [1.29, 1.82) is 0 Å². The van der Waals surface area contributed by atoms with E-state index in [9.17, 15) is 9.18 Å². The molecular weight excluding hydrogens is 339 g/mol. The fourth-order valence-electron chi connectivity index (χ4n) is 3.56. The number of aromatic nitrogens is 2. The number of Topliss-reactive ketones (excluding diaryl/α,β-unsaturated/α-hetero) is 1. The van der Waals surface area contributed by atoms with E-state index >= 15 is 0 Å². The highest BCUT2D eigenvalue weighted by Crippen LogP contribution is 2.50. The molecule has 4 nitrogen and oxygen atoms in total. The lowest BCUT2D eigenvalue weighted by Crippen LogP contribution is -2.18. The average molecular weight is 351 g/mol. The molecule has 1 heterocycles.